The Morgan fingerprint density at radius 1 is 1.08 bits per heavy atom. The van der Waals surface area contributed by atoms with Crippen molar-refractivity contribution < 1.29 is 34.7 Å². The molecule has 0 spiro atoms. The number of carboxylic acids is 2. The molecule has 0 aliphatic carbocycles. The third-order valence-corrected chi connectivity index (χ3v) is 3.29. The number of nitrogens with two attached hydrogens (primary N) is 2. The van der Waals surface area contributed by atoms with Gasteiger partial charge in [-0.2, -0.15) is 0 Å². The summed E-state index contributed by atoms with van der Waals surface area (Å²) >= 11 is 0. The Morgan fingerprint density at radius 2 is 1.62 bits per heavy atom. The topological polar surface area (TPSA) is 219 Å². The summed E-state index contributed by atoms with van der Waals surface area (Å²) < 4.78 is 1.04. The molecular weight excluding hydrogens is 348 g/mol. The standard InChI is InChI=1S/C14H26N6O6/c1-7(13(23)24)5-18-20(6-8(2)14(25)26)12(22)4-10(17)19-11(21)3-9(15)16/h7-8,11-12,21-22H,3-6H2,1-2H3,(H6-,15,16,17,19,23,24,25,26)/p+1. The number of aliphatic hydroxyl groups is 2. The number of aliphatic carboxylic acids is 2. The van der Waals surface area contributed by atoms with Gasteiger partial charge in [0.25, 0.3) is 6.23 Å². The summed E-state index contributed by atoms with van der Waals surface area (Å²) in [5.74, 6) is -4.33. The first-order chi connectivity index (χ1) is 11.9. The van der Waals surface area contributed by atoms with E-state index in [0.717, 1.165) is 4.70 Å². The van der Waals surface area contributed by atoms with Crippen LogP contribution in [0.5, 0.6) is 0 Å². The molecular formula is C14H27N6O6+. The number of nitrogens with zero attached hydrogens (tertiary/aromatic N) is 3. The normalized spacial score (nSPS) is 17.2. The summed E-state index contributed by atoms with van der Waals surface area (Å²) in [6.45, 7) is 2.49. The SMILES string of the molecule is CC(CN=[N+](CC(C)C(=O)O)C(O)CC(N)=NC(O)CC(=N)N)C(=O)O. The fourth-order valence-corrected chi connectivity index (χ4v) is 1.72. The molecule has 9 N–H and O–H groups in total. The second-order valence-electron chi connectivity index (χ2n) is 5.94. The average Bonchev–Trinajstić information content (AvgIpc) is 2.48. The molecule has 4 unspecified atom stereocenters. The lowest BCUT2D eigenvalue weighted by Crippen LogP contribution is -2.36. The Bertz CT molecular complexity index is 578. The van der Waals surface area contributed by atoms with Gasteiger partial charge in [0.1, 0.15) is 18.3 Å². The maximum Gasteiger partial charge on any atom is 0.312 e. The maximum atomic E-state index is 11.0. The third kappa shape index (κ3) is 9.64. The molecule has 0 heterocycles. The molecule has 0 saturated carbocycles. The van der Waals surface area contributed by atoms with Gasteiger partial charge >= 0.3 is 11.9 Å². The highest BCUT2D eigenvalue weighted by Crippen LogP contribution is 2.06. The minimum atomic E-state index is -1.37. The Hall–Kier alpha value is -2.60. The average molecular weight is 375 g/mol. The molecule has 12 heteroatoms. The minimum absolute atomic E-state index is 0.152. The number of carboxylic acid groups (broad SMARTS) is 2. The van der Waals surface area contributed by atoms with Gasteiger partial charge in [0, 0.05) is 0 Å². The molecule has 4 atom stereocenters. The van der Waals surface area contributed by atoms with Crippen LogP contribution in [0.15, 0.2) is 10.1 Å². The summed E-state index contributed by atoms with van der Waals surface area (Å²) in [6, 6.07) is 0. The number of hydrogen-bond acceptors (Lipinski definition) is 7. The number of amidine groups is 2. The van der Waals surface area contributed by atoms with Crippen molar-refractivity contribution in [3.63, 3.8) is 0 Å². The van der Waals surface area contributed by atoms with Crippen molar-refractivity contribution in [1.82, 2.24) is 0 Å². The highest BCUT2D eigenvalue weighted by Gasteiger charge is 2.28. The van der Waals surface area contributed by atoms with Crippen LogP contribution in [0.2, 0.25) is 0 Å². The Kier molecular flexibility index (Phi) is 9.99. The van der Waals surface area contributed by atoms with Crippen molar-refractivity contribution in [3.8, 4) is 0 Å². The zero-order valence-corrected chi connectivity index (χ0v) is 14.7. The molecule has 0 aromatic heterocycles. The van der Waals surface area contributed by atoms with Crippen LogP contribution in [0.1, 0.15) is 26.7 Å². The van der Waals surface area contributed by atoms with Crippen molar-refractivity contribution >= 4 is 23.6 Å². The predicted molar refractivity (Wildman–Crippen MR) is 90.8 cm³/mol. The number of hydrogen-bond donors (Lipinski definition) is 7. The van der Waals surface area contributed by atoms with Crippen LogP contribution in [0.4, 0.5) is 0 Å². The van der Waals surface area contributed by atoms with Gasteiger partial charge in [-0.1, -0.05) is 4.70 Å². The van der Waals surface area contributed by atoms with E-state index in [0.29, 0.717) is 0 Å². The van der Waals surface area contributed by atoms with E-state index in [1.165, 1.54) is 13.8 Å². The highest BCUT2D eigenvalue weighted by atomic mass is 16.4. The van der Waals surface area contributed by atoms with Gasteiger partial charge in [-0.15, -0.1) is 0 Å². The molecule has 26 heavy (non-hydrogen) atoms. The van der Waals surface area contributed by atoms with Crippen LogP contribution in [0, 0.1) is 17.2 Å². The largest absolute Gasteiger partial charge is 0.481 e. The van der Waals surface area contributed by atoms with Crippen molar-refractivity contribution in [3.05, 3.63) is 0 Å². The number of carbonyl (C=O) groups is 2. The van der Waals surface area contributed by atoms with Crippen molar-refractivity contribution in [1.29, 1.82) is 5.41 Å². The first kappa shape index (κ1) is 23.4. The smallest absolute Gasteiger partial charge is 0.312 e. The molecule has 0 fully saturated rings. The van der Waals surface area contributed by atoms with Crippen molar-refractivity contribution in [2.45, 2.75) is 39.1 Å². The molecule has 0 aliphatic rings. The first-order valence-electron chi connectivity index (χ1n) is 7.84. The summed E-state index contributed by atoms with van der Waals surface area (Å²) in [5, 5.41) is 48.7. The van der Waals surface area contributed by atoms with Gasteiger partial charge in [-0.05, 0) is 19.0 Å². The van der Waals surface area contributed by atoms with Crippen LogP contribution in [-0.2, 0) is 9.59 Å². The molecule has 148 valence electrons. The van der Waals surface area contributed by atoms with E-state index in [1.54, 1.807) is 0 Å². The molecule has 0 saturated heterocycles. The molecule has 0 aliphatic heterocycles. The molecule has 0 aromatic carbocycles. The van der Waals surface area contributed by atoms with E-state index in [-0.39, 0.29) is 37.6 Å². The van der Waals surface area contributed by atoms with Crippen LogP contribution in [-0.4, -0.2) is 74.3 Å². The van der Waals surface area contributed by atoms with Crippen molar-refractivity contribution in [2.24, 2.45) is 33.4 Å². The van der Waals surface area contributed by atoms with Crippen LogP contribution in [0.25, 0.3) is 0 Å². The van der Waals surface area contributed by atoms with E-state index in [1.807, 2.05) is 0 Å². The second-order valence-corrected chi connectivity index (χ2v) is 5.94. The van der Waals surface area contributed by atoms with Gasteiger partial charge in [0.05, 0.1) is 24.6 Å². The fourth-order valence-electron chi connectivity index (χ4n) is 1.72. The zero-order chi connectivity index (χ0) is 20.4. The monoisotopic (exact) mass is 375 g/mol. The van der Waals surface area contributed by atoms with Gasteiger partial charge in [-0.3, -0.25) is 15.0 Å². The molecule has 0 amide bonds. The lowest BCUT2D eigenvalue weighted by molar-refractivity contribution is -0.667. The summed E-state index contributed by atoms with van der Waals surface area (Å²) in [5.41, 5.74) is 10.8. The lowest BCUT2D eigenvalue weighted by Gasteiger charge is -2.12. The van der Waals surface area contributed by atoms with Crippen LogP contribution < -0.4 is 11.5 Å². The number of nitrogens with one attached hydrogen (secondary N) is 1. The lowest BCUT2D eigenvalue weighted by atomic mass is 10.2. The van der Waals surface area contributed by atoms with Gasteiger partial charge < -0.3 is 31.9 Å². The molecule has 0 rings (SSSR count). The third-order valence-electron chi connectivity index (χ3n) is 3.29. The number of azo groups is 2. The van der Waals surface area contributed by atoms with E-state index < -0.39 is 36.2 Å². The molecule has 0 bridgehead atoms. The summed E-state index contributed by atoms with van der Waals surface area (Å²) in [7, 11) is 0. The quantitative estimate of drug-likeness (QED) is 0.0705. The summed E-state index contributed by atoms with van der Waals surface area (Å²) in [4.78, 5) is 25.6. The molecule has 12 nitrogen and oxygen atoms in total. The van der Waals surface area contributed by atoms with Crippen molar-refractivity contribution in [2.75, 3.05) is 13.1 Å². The van der Waals surface area contributed by atoms with E-state index >= 15 is 0 Å². The Labute approximate surface area is 150 Å². The van der Waals surface area contributed by atoms with Gasteiger partial charge in [0.15, 0.2) is 12.8 Å². The van der Waals surface area contributed by atoms with E-state index in [2.05, 4.69) is 10.1 Å². The maximum absolute atomic E-state index is 11.0. The Balaban J connectivity index is 5.18. The van der Waals surface area contributed by atoms with E-state index in [4.69, 9.17) is 27.1 Å². The molecule has 0 radical (unpaired) electrons. The predicted octanol–water partition coefficient (Wildman–Crippen LogP) is -1.40. The minimum Gasteiger partial charge on any atom is -0.481 e. The second kappa shape index (κ2) is 11.1. The number of rotatable bonds is 12. The van der Waals surface area contributed by atoms with Crippen LogP contribution >= 0.6 is 0 Å². The number of aliphatic hydroxyl groups excluding tert-OH is 2. The summed E-state index contributed by atoms with van der Waals surface area (Å²) in [6.07, 6.45) is -3.20. The highest BCUT2D eigenvalue weighted by molar-refractivity contribution is 5.81. The van der Waals surface area contributed by atoms with Gasteiger partial charge in [-0.25, -0.2) is 4.99 Å². The van der Waals surface area contributed by atoms with E-state index in [9.17, 15) is 19.8 Å². The Morgan fingerprint density at radius 3 is 2.08 bits per heavy atom. The fraction of sp³-hybridized carbons (Fsp3) is 0.714. The van der Waals surface area contributed by atoms with Crippen LogP contribution in [0.3, 0.4) is 0 Å². The first-order valence-corrected chi connectivity index (χ1v) is 7.84. The molecule has 0 aromatic rings. The zero-order valence-electron chi connectivity index (χ0n) is 14.7. The van der Waals surface area contributed by atoms with Gasteiger partial charge in [0.2, 0.25) is 0 Å². The number of aliphatic imine (C=N–C) groups is 1.